The van der Waals surface area contributed by atoms with E-state index in [0.29, 0.717) is 24.5 Å². The van der Waals surface area contributed by atoms with Crippen LogP contribution in [0.1, 0.15) is 42.5 Å². The molecule has 33 heavy (non-hydrogen) atoms. The van der Waals surface area contributed by atoms with Crippen molar-refractivity contribution in [3.8, 4) is 11.5 Å². The molecule has 0 radical (unpaired) electrons. The molecule has 2 aromatic carbocycles. The summed E-state index contributed by atoms with van der Waals surface area (Å²) in [6.07, 6.45) is 2.62. The fourth-order valence-electron chi connectivity index (χ4n) is 4.28. The van der Waals surface area contributed by atoms with E-state index in [0.717, 1.165) is 36.1 Å². The summed E-state index contributed by atoms with van der Waals surface area (Å²) >= 11 is 0. The standard InChI is InChI=1S/C26H29NO6/c1-3-13-32-20-9-6-17(7-10-20)23-22(25(29)26(30)27(23)12-15-31-2)24(28)19-8-11-21-18(16-19)5-4-14-33-21/h6-11,16,23,28H,3-5,12-15H2,1-2H3/b24-22-. The van der Waals surface area contributed by atoms with Crippen LogP contribution in [0, 0.1) is 0 Å². The Labute approximate surface area is 193 Å². The van der Waals surface area contributed by atoms with Gasteiger partial charge in [0.05, 0.1) is 31.4 Å². The molecular formula is C26H29NO6. The van der Waals surface area contributed by atoms with E-state index in [1.165, 1.54) is 4.90 Å². The lowest BCUT2D eigenvalue weighted by molar-refractivity contribution is -0.140. The first kappa shape index (κ1) is 22.9. The number of ether oxygens (including phenoxy) is 3. The molecule has 0 saturated carbocycles. The summed E-state index contributed by atoms with van der Waals surface area (Å²) in [5.41, 5.74) is 2.27. The van der Waals surface area contributed by atoms with Crippen molar-refractivity contribution in [1.29, 1.82) is 0 Å². The van der Waals surface area contributed by atoms with Gasteiger partial charge in [0.2, 0.25) is 0 Å². The minimum Gasteiger partial charge on any atom is -0.507 e. The fourth-order valence-corrected chi connectivity index (χ4v) is 4.28. The van der Waals surface area contributed by atoms with Gasteiger partial charge in [0.25, 0.3) is 11.7 Å². The van der Waals surface area contributed by atoms with Crippen molar-refractivity contribution in [2.45, 2.75) is 32.2 Å². The molecule has 0 bridgehead atoms. The Bertz CT molecular complexity index is 1060. The van der Waals surface area contributed by atoms with Crippen LogP contribution in [0.4, 0.5) is 0 Å². The van der Waals surface area contributed by atoms with Crippen molar-refractivity contribution < 1.29 is 28.9 Å². The lowest BCUT2D eigenvalue weighted by Gasteiger charge is -2.25. The number of nitrogens with zero attached hydrogens (tertiary/aromatic N) is 1. The quantitative estimate of drug-likeness (QED) is 0.373. The van der Waals surface area contributed by atoms with Crippen LogP contribution >= 0.6 is 0 Å². The highest BCUT2D eigenvalue weighted by Gasteiger charge is 2.45. The molecule has 1 fully saturated rings. The van der Waals surface area contributed by atoms with E-state index in [4.69, 9.17) is 14.2 Å². The lowest BCUT2D eigenvalue weighted by Crippen LogP contribution is -2.32. The number of methoxy groups -OCH3 is 1. The topological polar surface area (TPSA) is 85.3 Å². The fraction of sp³-hybridized carbons (Fsp3) is 0.385. The second-order valence-corrected chi connectivity index (χ2v) is 8.18. The van der Waals surface area contributed by atoms with Crippen LogP contribution in [0.25, 0.3) is 5.76 Å². The summed E-state index contributed by atoms with van der Waals surface area (Å²) in [6, 6.07) is 11.9. The van der Waals surface area contributed by atoms with E-state index in [1.807, 2.05) is 37.3 Å². The normalized spacial score (nSPS) is 19.3. The molecule has 0 aromatic heterocycles. The van der Waals surface area contributed by atoms with Gasteiger partial charge in [-0.3, -0.25) is 9.59 Å². The number of hydrogen-bond acceptors (Lipinski definition) is 6. The number of aliphatic hydroxyl groups is 1. The van der Waals surface area contributed by atoms with Crippen molar-refractivity contribution in [2.24, 2.45) is 0 Å². The predicted octanol–water partition coefficient (Wildman–Crippen LogP) is 3.87. The molecule has 0 aliphatic carbocycles. The van der Waals surface area contributed by atoms with E-state index >= 15 is 0 Å². The van der Waals surface area contributed by atoms with Crippen LogP contribution in [0.3, 0.4) is 0 Å². The maximum Gasteiger partial charge on any atom is 0.295 e. The minimum absolute atomic E-state index is 0.0787. The molecular weight excluding hydrogens is 422 g/mol. The molecule has 7 nitrogen and oxygen atoms in total. The van der Waals surface area contributed by atoms with Gasteiger partial charge in [-0.2, -0.15) is 0 Å². The summed E-state index contributed by atoms with van der Waals surface area (Å²) in [7, 11) is 1.54. The molecule has 2 heterocycles. The highest BCUT2D eigenvalue weighted by atomic mass is 16.5. The number of aliphatic hydroxyl groups excluding tert-OH is 1. The third kappa shape index (κ3) is 4.59. The molecule has 1 N–H and O–H groups in total. The molecule has 2 aliphatic heterocycles. The monoisotopic (exact) mass is 451 g/mol. The number of carbonyl (C=O) groups is 2. The van der Waals surface area contributed by atoms with Crippen LogP contribution in [0.15, 0.2) is 48.0 Å². The first-order chi connectivity index (χ1) is 16.0. The summed E-state index contributed by atoms with van der Waals surface area (Å²) in [5, 5.41) is 11.2. The van der Waals surface area contributed by atoms with E-state index in [9.17, 15) is 14.7 Å². The Morgan fingerprint density at radius 2 is 1.94 bits per heavy atom. The second kappa shape index (κ2) is 10.1. The second-order valence-electron chi connectivity index (χ2n) is 8.18. The smallest absolute Gasteiger partial charge is 0.295 e. The number of fused-ring (bicyclic) bond motifs is 1. The maximum absolute atomic E-state index is 13.1. The number of aryl methyl sites for hydroxylation is 1. The number of carbonyl (C=O) groups excluding carboxylic acids is 2. The third-order valence-electron chi connectivity index (χ3n) is 5.93. The highest BCUT2D eigenvalue weighted by Crippen LogP contribution is 2.40. The molecule has 1 amide bonds. The van der Waals surface area contributed by atoms with Gasteiger partial charge in [0, 0.05) is 19.2 Å². The molecule has 2 aliphatic rings. The largest absolute Gasteiger partial charge is 0.507 e. The van der Waals surface area contributed by atoms with Gasteiger partial charge >= 0.3 is 0 Å². The first-order valence-electron chi connectivity index (χ1n) is 11.3. The molecule has 1 atom stereocenters. The number of benzene rings is 2. The van der Waals surface area contributed by atoms with Gasteiger partial charge in [0.15, 0.2) is 0 Å². The van der Waals surface area contributed by atoms with Crippen LogP contribution in [0.5, 0.6) is 11.5 Å². The Balaban J connectivity index is 1.76. The molecule has 4 rings (SSSR count). The van der Waals surface area contributed by atoms with Gasteiger partial charge in [-0.15, -0.1) is 0 Å². The van der Waals surface area contributed by atoms with Crippen LogP contribution in [-0.2, 0) is 20.7 Å². The number of amides is 1. The van der Waals surface area contributed by atoms with Crippen molar-refractivity contribution in [3.05, 3.63) is 64.7 Å². The van der Waals surface area contributed by atoms with Crippen LogP contribution in [0.2, 0.25) is 0 Å². The van der Waals surface area contributed by atoms with Crippen molar-refractivity contribution in [3.63, 3.8) is 0 Å². The van der Waals surface area contributed by atoms with Gasteiger partial charge in [-0.1, -0.05) is 19.1 Å². The van der Waals surface area contributed by atoms with Crippen LogP contribution in [-0.4, -0.2) is 55.2 Å². The summed E-state index contributed by atoms with van der Waals surface area (Å²) in [6.45, 7) is 3.81. The molecule has 2 aromatic rings. The van der Waals surface area contributed by atoms with Gasteiger partial charge < -0.3 is 24.2 Å². The maximum atomic E-state index is 13.1. The van der Waals surface area contributed by atoms with Crippen LogP contribution < -0.4 is 9.47 Å². The van der Waals surface area contributed by atoms with E-state index in [1.54, 1.807) is 19.2 Å². The molecule has 0 spiro atoms. The van der Waals surface area contributed by atoms with E-state index in [-0.39, 0.29) is 24.5 Å². The minimum atomic E-state index is -0.715. The van der Waals surface area contributed by atoms with E-state index < -0.39 is 17.7 Å². The zero-order valence-corrected chi connectivity index (χ0v) is 19.0. The molecule has 1 unspecified atom stereocenters. The lowest BCUT2D eigenvalue weighted by atomic mass is 9.94. The van der Waals surface area contributed by atoms with Crippen molar-refractivity contribution in [1.82, 2.24) is 4.90 Å². The first-order valence-corrected chi connectivity index (χ1v) is 11.3. The number of hydrogen-bond donors (Lipinski definition) is 1. The SMILES string of the molecule is CCCOc1ccc(C2/C(=C(/O)c3ccc4c(c3)CCCO4)C(=O)C(=O)N2CCOC)cc1. The average Bonchev–Trinajstić information content (AvgIpc) is 3.10. The Morgan fingerprint density at radius 3 is 2.67 bits per heavy atom. The van der Waals surface area contributed by atoms with E-state index in [2.05, 4.69) is 0 Å². The molecule has 1 saturated heterocycles. The number of Topliss-reactive ketones (excluding diaryl/α,β-unsaturated/α-hetero) is 1. The summed E-state index contributed by atoms with van der Waals surface area (Å²) < 4.78 is 16.5. The number of ketones is 1. The molecule has 174 valence electrons. The third-order valence-corrected chi connectivity index (χ3v) is 5.93. The van der Waals surface area contributed by atoms with Crippen molar-refractivity contribution in [2.75, 3.05) is 33.5 Å². The van der Waals surface area contributed by atoms with Crippen molar-refractivity contribution >= 4 is 17.4 Å². The average molecular weight is 452 g/mol. The zero-order chi connectivity index (χ0) is 23.4. The molecule has 7 heteroatoms. The number of rotatable bonds is 8. The summed E-state index contributed by atoms with van der Waals surface area (Å²) in [5.74, 6) is -0.0280. The zero-order valence-electron chi connectivity index (χ0n) is 19.0. The highest BCUT2D eigenvalue weighted by molar-refractivity contribution is 6.46. The van der Waals surface area contributed by atoms with Gasteiger partial charge in [-0.05, 0) is 60.7 Å². The number of likely N-dealkylation sites (tertiary alicyclic amines) is 1. The Hall–Kier alpha value is -3.32. The Kier molecular flexibility index (Phi) is 6.99. The van der Waals surface area contributed by atoms with Gasteiger partial charge in [-0.25, -0.2) is 0 Å². The summed E-state index contributed by atoms with van der Waals surface area (Å²) in [4.78, 5) is 27.4. The van der Waals surface area contributed by atoms with Gasteiger partial charge in [0.1, 0.15) is 17.3 Å². The predicted molar refractivity (Wildman–Crippen MR) is 123 cm³/mol. The Morgan fingerprint density at radius 1 is 1.15 bits per heavy atom.